The lowest BCUT2D eigenvalue weighted by molar-refractivity contribution is -0.127. The Kier molecular flexibility index (Phi) is 5.13. The molecule has 0 radical (unpaired) electrons. The monoisotopic (exact) mass is 394 g/mol. The Morgan fingerprint density at radius 1 is 0.897 bits per heavy atom. The van der Waals surface area contributed by atoms with E-state index in [0.29, 0.717) is 12.1 Å². The summed E-state index contributed by atoms with van der Waals surface area (Å²) in [4.78, 5) is 29.8. The molecule has 1 aromatic carbocycles. The fourth-order valence-corrected chi connectivity index (χ4v) is 6.83. The molecule has 1 aliphatic heterocycles. The van der Waals surface area contributed by atoms with Gasteiger partial charge in [-0.25, -0.2) is 0 Å². The number of carbonyl (C=O) groups excluding carboxylic acids is 2. The number of rotatable bonds is 3. The maximum atomic E-state index is 13.8. The van der Waals surface area contributed by atoms with Gasteiger partial charge in [0.05, 0.1) is 11.5 Å². The van der Waals surface area contributed by atoms with E-state index in [2.05, 4.69) is 10.2 Å². The molecule has 3 aliphatic carbocycles. The smallest absolute Gasteiger partial charge is 0.254 e. The van der Waals surface area contributed by atoms with Crippen LogP contribution < -0.4 is 5.32 Å². The van der Waals surface area contributed by atoms with Gasteiger partial charge in [0, 0.05) is 17.6 Å². The summed E-state index contributed by atoms with van der Waals surface area (Å²) in [6.07, 6.45) is 14.6. The summed E-state index contributed by atoms with van der Waals surface area (Å²) in [5.74, 6) is 0.125. The average Bonchev–Trinajstić information content (AvgIpc) is 3.42. The number of fused-ring (bicyclic) bond motifs is 1. The van der Waals surface area contributed by atoms with Gasteiger partial charge in [-0.3, -0.25) is 9.59 Å². The SMILES string of the molecule is O=C(NC1CCCC1)C1c2ccccc2C(=O)N(C2CCCCC2)C12CCCC2. The van der Waals surface area contributed by atoms with Gasteiger partial charge in [-0.1, -0.05) is 63.1 Å². The number of nitrogens with one attached hydrogen (secondary N) is 1. The van der Waals surface area contributed by atoms with Crippen LogP contribution in [0.5, 0.6) is 0 Å². The van der Waals surface area contributed by atoms with Crippen molar-refractivity contribution in [2.45, 2.75) is 107 Å². The van der Waals surface area contributed by atoms with Gasteiger partial charge in [0.15, 0.2) is 0 Å². The summed E-state index contributed by atoms with van der Waals surface area (Å²) < 4.78 is 0. The third-order valence-electron chi connectivity index (χ3n) is 8.11. The highest BCUT2D eigenvalue weighted by Crippen LogP contribution is 2.52. The summed E-state index contributed by atoms with van der Waals surface area (Å²) in [5, 5.41) is 3.40. The van der Waals surface area contributed by atoms with E-state index in [9.17, 15) is 9.59 Å². The molecule has 156 valence electrons. The highest BCUT2D eigenvalue weighted by atomic mass is 16.2. The predicted octanol–water partition coefficient (Wildman–Crippen LogP) is 4.93. The minimum Gasteiger partial charge on any atom is -0.353 e. The molecular weight excluding hydrogens is 360 g/mol. The van der Waals surface area contributed by atoms with Crippen LogP contribution in [-0.4, -0.2) is 34.3 Å². The molecule has 3 fully saturated rings. The van der Waals surface area contributed by atoms with Gasteiger partial charge < -0.3 is 10.2 Å². The molecule has 4 aliphatic rings. The minimum atomic E-state index is -0.323. The first kappa shape index (κ1) is 19.1. The number of hydrogen-bond donors (Lipinski definition) is 1. The van der Waals surface area contributed by atoms with Crippen LogP contribution in [0.4, 0.5) is 0 Å². The van der Waals surface area contributed by atoms with E-state index in [1.165, 1.54) is 32.1 Å². The van der Waals surface area contributed by atoms with Gasteiger partial charge in [0.2, 0.25) is 5.91 Å². The van der Waals surface area contributed by atoms with Crippen LogP contribution in [0.25, 0.3) is 0 Å². The van der Waals surface area contributed by atoms with Crippen LogP contribution in [0.1, 0.15) is 105 Å². The maximum Gasteiger partial charge on any atom is 0.254 e. The van der Waals surface area contributed by atoms with Crippen LogP contribution in [0.2, 0.25) is 0 Å². The normalized spacial score (nSPS) is 27.4. The molecule has 1 unspecified atom stereocenters. The van der Waals surface area contributed by atoms with E-state index < -0.39 is 0 Å². The zero-order valence-corrected chi connectivity index (χ0v) is 17.5. The third kappa shape index (κ3) is 3.19. The van der Waals surface area contributed by atoms with Crippen LogP contribution in [0.3, 0.4) is 0 Å². The molecule has 1 atom stereocenters. The minimum absolute atomic E-state index is 0.166. The molecule has 4 nitrogen and oxygen atoms in total. The van der Waals surface area contributed by atoms with E-state index in [1.807, 2.05) is 24.3 Å². The first-order valence-electron chi connectivity index (χ1n) is 11.9. The largest absolute Gasteiger partial charge is 0.353 e. The summed E-state index contributed by atoms with van der Waals surface area (Å²) in [5.41, 5.74) is 1.42. The van der Waals surface area contributed by atoms with E-state index in [-0.39, 0.29) is 23.3 Å². The van der Waals surface area contributed by atoms with E-state index >= 15 is 0 Å². The summed E-state index contributed by atoms with van der Waals surface area (Å²) in [7, 11) is 0. The second kappa shape index (κ2) is 7.77. The average molecular weight is 395 g/mol. The highest BCUT2D eigenvalue weighted by molar-refractivity contribution is 6.02. The van der Waals surface area contributed by atoms with Crippen molar-refractivity contribution < 1.29 is 9.59 Å². The molecular formula is C25H34N2O2. The highest BCUT2D eigenvalue weighted by Gasteiger charge is 2.57. The fourth-order valence-electron chi connectivity index (χ4n) is 6.83. The van der Waals surface area contributed by atoms with Crippen molar-refractivity contribution in [3.8, 4) is 0 Å². The van der Waals surface area contributed by atoms with Crippen LogP contribution in [0, 0.1) is 0 Å². The predicted molar refractivity (Wildman–Crippen MR) is 114 cm³/mol. The Morgan fingerprint density at radius 3 is 2.28 bits per heavy atom. The summed E-state index contributed by atoms with van der Waals surface area (Å²) in [6.45, 7) is 0. The first-order chi connectivity index (χ1) is 14.2. The van der Waals surface area contributed by atoms with Crippen molar-refractivity contribution in [3.63, 3.8) is 0 Å². The van der Waals surface area contributed by atoms with Crippen LogP contribution >= 0.6 is 0 Å². The lowest BCUT2D eigenvalue weighted by atomic mass is 9.69. The molecule has 2 amide bonds. The molecule has 5 rings (SSSR count). The Morgan fingerprint density at radius 2 is 1.55 bits per heavy atom. The van der Waals surface area contributed by atoms with Crippen molar-refractivity contribution in [2.75, 3.05) is 0 Å². The summed E-state index contributed by atoms with van der Waals surface area (Å²) in [6, 6.07) is 8.56. The second-order valence-electron chi connectivity index (χ2n) is 9.79. The van der Waals surface area contributed by atoms with Crippen molar-refractivity contribution in [3.05, 3.63) is 35.4 Å². The lowest BCUT2D eigenvalue weighted by Gasteiger charge is -2.54. The zero-order chi connectivity index (χ0) is 19.8. The molecule has 1 heterocycles. The first-order valence-corrected chi connectivity index (χ1v) is 11.9. The van der Waals surface area contributed by atoms with Gasteiger partial charge in [0.25, 0.3) is 5.91 Å². The van der Waals surface area contributed by atoms with Crippen LogP contribution in [-0.2, 0) is 4.79 Å². The molecule has 1 aromatic rings. The number of amides is 2. The Bertz CT molecular complexity index is 771. The van der Waals surface area contributed by atoms with Gasteiger partial charge in [-0.2, -0.15) is 0 Å². The van der Waals surface area contributed by atoms with E-state index in [0.717, 1.165) is 62.5 Å². The van der Waals surface area contributed by atoms with E-state index in [4.69, 9.17) is 0 Å². The lowest BCUT2D eigenvalue weighted by Crippen LogP contribution is -2.64. The second-order valence-corrected chi connectivity index (χ2v) is 9.79. The molecule has 0 aromatic heterocycles. The molecule has 3 saturated carbocycles. The Balaban J connectivity index is 1.58. The van der Waals surface area contributed by atoms with Crippen LogP contribution in [0.15, 0.2) is 24.3 Å². The molecule has 0 bridgehead atoms. The Hall–Kier alpha value is -1.84. The van der Waals surface area contributed by atoms with Crippen molar-refractivity contribution in [1.82, 2.24) is 10.2 Å². The maximum absolute atomic E-state index is 13.8. The third-order valence-corrected chi connectivity index (χ3v) is 8.11. The number of benzene rings is 1. The van der Waals surface area contributed by atoms with Crippen molar-refractivity contribution in [2.24, 2.45) is 0 Å². The fraction of sp³-hybridized carbons (Fsp3) is 0.680. The zero-order valence-electron chi connectivity index (χ0n) is 17.5. The number of carbonyl (C=O) groups is 2. The van der Waals surface area contributed by atoms with Gasteiger partial charge in [-0.05, 0) is 50.2 Å². The standard InChI is InChI=1S/C25H34N2O2/c28-23(26-18-10-4-5-11-18)22-20-14-6-7-15-21(20)24(29)27(19-12-2-1-3-13-19)25(22)16-8-9-17-25/h6-7,14-15,18-19,22H,1-5,8-13,16-17H2,(H,26,28). The van der Waals surface area contributed by atoms with E-state index in [1.54, 1.807) is 0 Å². The Labute approximate surface area is 174 Å². The molecule has 1 N–H and O–H groups in total. The molecule has 29 heavy (non-hydrogen) atoms. The van der Waals surface area contributed by atoms with Crippen molar-refractivity contribution >= 4 is 11.8 Å². The molecule has 1 spiro atoms. The topological polar surface area (TPSA) is 49.4 Å². The quantitative estimate of drug-likeness (QED) is 0.790. The van der Waals surface area contributed by atoms with Gasteiger partial charge in [-0.15, -0.1) is 0 Å². The van der Waals surface area contributed by atoms with Crippen molar-refractivity contribution in [1.29, 1.82) is 0 Å². The summed E-state index contributed by atoms with van der Waals surface area (Å²) >= 11 is 0. The number of nitrogens with zero attached hydrogens (tertiary/aromatic N) is 1. The van der Waals surface area contributed by atoms with Gasteiger partial charge >= 0.3 is 0 Å². The number of hydrogen-bond acceptors (Lipinski definition) is 2. The molecule has 0 saturated heterocycles. The molecule has 4 heteroatoms. The van der Waals surface area contributed by atoms with Gasteiger partial charge in [0.1, 0.15) is 0 Å².